The van der Waals surface area contributed by atoms with Gasteiger partial charge < -0.3 is 36.4 Å². The van der Waals surface area contributed by atoms with Crippen molar-refractivity contribution in [3.63, 3.8) is 0 Å². The van der Waals surface area contributed by atoms with Crippen LogP contribution in [0.25, 0.3) is 0 Å². The van der Waals surface area contributed by atoms with Gasteiger partial charge >= 0.3 is 0 Å². The van der Waals surface area contributed by atoms with Crippen molar-refractivity contribution in [1.29, 1.82) is 0 Å². The first-order valence-electron chi connectivity index (χ1n) is 14.2. The Morgan fingerprint density at radius 1 is 0.974 bits per heavy atom. The summed E-state index contributed by atoms with van der Waals surface area (Å²) >= 11 is 0. The van der Waals surface area contributed by atoms with Crippen LogP contribution < -0.4 is 16.8 Å². The third-order valence-electron chi connectivity index (χ3n) is 8.91. The summed E-state index contributed by atoms with van der Waals surface area (Å²) in [5.41, 5.74) is 13.4. The third-order valence-corrected chi connectivity index (χ3v) is 8.91. The van der Waals surface area contributed by atoms with E-state index >= 15 is 0 Å². The summed E-state index contributed by atoms with van der Waals surface area (Å²) in [6, 6.07) is -1.30. The van der Waals surface area contributed by atoms with Gasteiger partial charge in [-0.3, -0.25) is 19.2 Å². The molecule has 0 spiro atoms. The maximum absolute atomic E-state index is 13.2. The number of hydrogen-bond acceptors (Lipinski definition) is 8. The average molecular weight is 540 g/mol. The SMILES string of the molecule is CC1C=CC(=O)N1C1CCN(C2=CC(=O)N(C3CCN(C4=CC(=O)NC4C(=O)[C@@H](N)CCCCN)C3)C2C)C1. The van der Waals surface area contributed by atoms with Gasteiger partial charge in [0.15, 0.2) is 5.78 Å². The predicted molar refractivity (Wildman–Crippen MR) is 146 cm³/mol. The summed E-state index contributed by atoms with van der Waals surface area (Å²) in [7, 11) is 0. The number of carbonyl (C=O) groups excluding carboxylic acids is 4. The highest BCUT2D eigenvalue weighted by atomic mass is 16.2. The maximum Gasteiger partial charge on any atom is 0.249 e. The van der Waals surface area contributed by atoms with E-state index in [0.717, 1.165) is 44.5 Å². The van der Waals surface area contributed by atoms with Crippen molar-refractivity contribution in [2.24, 2.45) is 11.5 Å². The van der Waals surface area contributed by atoms with Crippen molar-refractivity contribution >= 4 is 23.5 Å². The fourth-order valence-corrected chi connectivity index (χ4v) is 6.86. The Bertz CT molecular complexity index is 1120. The summed E-state index contributed by atoms with van der Waals surface area (Å²) in [6.07, 6.45) is 10.6. The normalized spacial score (nSPS) is 31.5. The number of rotatable bonds is 10. The molecule has 3 amide bonds. The van der Waals surface area contributed by atoms with E-state index in [1.54, 1.807) is 12.2 Å². The molecule has 2 fully saturated rings. The summed E-state index contributed by atoms with van der Waals surface area (Å²) < 4.78 is 0. The molecule has 39 heavy (non-hydrogen) atoms. The molecule has 0 saturated carbocycles. The standard InChI is InChI=1S/C28H41N7O4/c1-17-6-7-25(37)34(17)19-8-11-32(15-19)22-14-26(38)35(18(22)2)20-9-12-33(16-20)23-13-24(36)31-27(23)28(39)21(30)5-3-4-10-29/h6-7,13-14,17-21,27H,3-5,8-12,15-16,29-30H2,1-2H3,(H,31,36)/t17?,18?,19?,20?,21-,27?/m0/s1. The number of nitrogens with two attached hydrogens (primary N) is 2. The molecule has 0 aromatic rings. The van der Waals surface area contributed by atoms with E-state index in [1.807, 2.05) is 22.8 Å². The summed E-state index contributed by atoms with van der Waals surface area (Å²) in [6.45, 7) is 7.39. The van der Waals surface area contributed by atoms with Crippen LogP contribution in [0.5, 0.6) is 0 Å². The van der Waals surface area contributed by atoms with Crippen LogP contribution in [0.15, 0.2) is 35.7 Å². The van der Waals surface area contributed by atoms with Gasteiger partial charge in [0.1, 0.15) is 6.04 Å². The molecular formula is C28H41N7O4. The topological polar surface area (TPSA) is 145 Å². The monoisotopic (exact) mass is 539 g/mol. The fraction of sp³-hybridized carbons (Fsp3) is 0.643. The molecular weight excluding hydrogens is 498 g/mol. The number of unbranched alkanes of at least 4 members (excludes halogenated alkanes) is 1. The van der Waals surface area contributed by atoms with E-state index in [-0.39, 0.29) is 47.7 Å². The molecule has 0 aromatic carbocycles. The van der Waals surface area contributed by atoms with Crippen LogP contribution in [-0.2, 0) is 19.2 Å². The van der Waals surface area contributed by atoms with Crippen molar-refractivity contribution in [3.8, 4) is 0 Å². The second kappa shape index (κ2) is 11.1. The molecule has 5 aliphatic heterocycles. The van der Waals surface area contributed by atoms with Crippen molar-refractivity contribution < 1.29 is 19.2 Å². The predicted octanol–water partition coefficient (Wildman–Crippen LogP) is -0.556. The molecule has 0 aromatic heterocycles. The van der Waals surface area contributed by atoms with Crippen LogP contribution in [-0.4, -0.2) is 112 Å². The smallest absolute Gasteiger partial charge is 0.249 e. The van der Waals surface area contributed by atoms with Crippen molar-refractivity contribution in [2.45, 2.75) is 82.2 Å². The zero-order valence-corrected chi connectivity index (χ0v) is 22.9. The highest BCUT2D eigenvalue weighted by Crippen LogP contribution is 2.34. The van der Waals surface area contributed by atoms with Crippen LogP contribution in [0, 0.1) is 0 Å². The fourth-order valence-electron chi connectivity index (χ4n) is 6.86. The van der Waals surface area contributed by atoms with Crippen LogP contribution in [0.3, 0.4) is 0 Å². The van der Waals surface area contributed by atoms with Gasteiger partial charge in [-0.1, -0.05) is 12.5 Å². The molecule has 0 radical (unpaired) electrons. The van der Waals surface area contributed by atoms with Gasteiger partial charge in [0.05, 0.1) is 24.2 Å². The Kier molecular flexibility index (Phi) is 7.82. The molecule has 212 valence electrons. The number of carbonyl (C=O) groups is 4. The van der Waals surface area contributed by atoms with Crippen LogP contribution >= 0.6 is 0 Å². The lowest BCUT2D eigenvalue weighted by molar-refractivity contribution is -0.128. The lowest BCUT2D eigenvalue weighted by Gasteiger charge is -2.34. The van der Waals surface area contributed by atoms with Crippen molar-refractivity contribution in [1.82, 2.24) is 24.9 Å². The van der Waals surface area contributed by atoms with Gasteiger partial charge in [0.2, 0.25) is 17.7 Å². The van der Waals surface area contributed by atoms with E-state index in [9.17, 15) is 19.2 Å². The third kappa shape index (κ3) is 5.21. The van der Waals surface area contributed by atoms with E-state index in [4.69, 9.17) is 11.5 Å². The van der Waals surface area contributed by atoms with E-state index < -0.39 is 12.1 Å². The largest absolute Gasteiger partial charge is 0.371 e. The van der Waals surface area contributed by atoms with Gasteiger partial charge in [-0.05, 0) is 46.1 Å². The zero-order valence-electron chi connectivity index (χ0n) is 22.9. The number of likely N-dealkylation sites (tertiary alicyclic amines) is 2. The Labute approximate surface area is 229 Å². The number of nitrogens with zero attached hydrogens (tertiary/aromatic N) is 4. The van der Waals surface area contributed by atoms with Crippen LogP contribution in [0.2, 0.25) is 0 Å². The summed E-state index contributed by atoms with van der Waals surface area (Å²) in [5, 5.41) is 2.77. The van der Waals surface area contributed by atoms with E-state index in [2.05, 4.69) is 22.0 Å². The molecule has 5 rings (SSSR count). The Morgan fingerprint density at radius 2 is 1.64 bits per heavy atom. The highest BCUT2D eigenvalue weighted by Gasteiger charge is 2.44. The quantitative estimate of drug-likeness (QED) is 0.314. The number of hydrogen-bond donors (Lipinski definition) is 3. The minimum Gasteiger partial charge on any atom is -0.371 e. The number of Topliss-reactive ketones (excluding diaryl/α,β-unsaturated/α-hetero) is 1. The lowest BCUT2D eigenvalue weighted by atomic mass is 9.99. The summed E-state index contributed by atoms with van der Waals surface area (Å²) in [4.78, 5) is 59.1. The molecule has 0 aliphatic carbocycles. The second-order valence-corrected chi connectivity index (χ2v) is 11.4. The first kappa shape index (κ1) is 27.4. The molecule has 5 aliphatic rings. The molecule has 11 heteroatoms. The number of ketones is 1. The van der Waals surface area contributed by atoms with Crippen molar-refractivity contribution in [2.75, 3.05) is 32.7 Å². The Morgan fingerprint density at radius 3 is 2.28 bits per heavy atom. The summed E-state index contributed by atoms with van der Waals surface area (Å²) in [5.74, 6) is -0.426. The average Bonchev–Trinajstić information content (AvgIpc) is 3.72. The molecule has 5 heterocycles. The van der Waals surface area contributed by atoms with Crippen molar-refractivity contribution in [3.05, 3.63) is 35.7 Å². The van der Waals surface area contributed by atoms with Crippen LogP contribution in [0.4, 0.5) is 0 Å². The second-order valence-electron chi connectivity index (χ2n) is 11.4. The van der Waals surface area contributed by atoms with Crippen LogP contribution in [0.1, 0.15) is 46.0 Å². The number of nitrogens with one attached hydrogen (secondary N) is 1. The first-order valence-corrected chi connectivity index (χ1v) is 14.2. The molecule has 5 N–H and O–H groups in total. The maximum atomic E-state index is 13.2. The first-order chi connectivity index (χ1) is 18.7. The molecule has 2 saturated heterocycles. The molecule has 0 bridgehead atoms. The lowest BCUT2D eigenvalue weighted by Crippen LogP contribution is -2.49. The zero-order chi connectivity index (χ0) is 27.8. The molecule has 11 nitrogen and oxygen atoms in total. The minimum absolute atomic E-state index is 0.00996. The van der Waals surface area contributed by atoms with Gasteiger partial charge in [-0.25, -0.2) is 0 Å². The van der Waals surface area contributed by atoms with Gasteiger partial charge in [-0.15, -0.1) is 0 Å². The molecule has 6 atom stereocenters. The molecule has 5 unspecified atom stereocenters. The van der Waals surface area contributed by atoms with Gasteiger partial charge in [0.25, 0.3) is 0 Å². The van der Waals surface area contributed by atoms with E-state index in [0.29, 0.717) is 31.8 Å². The minimum atomic E-state index is -0.753. The number of amides is 3. The Balaban J connectivity index is 1.20. The van der Waals surface area contributed by atoms with Gasteiger partial charge in [0, 0.05) is 61.8 Å². The Hall–Kier alpha value is -3.18. The highest BCUT2D eigenvalue weighted by molar-refractivity contribution is 6.02. The van der Waals surface area contributed by atoms with Gasteiger partial charge in [-0.2, -0.15) is 0 Å². The van der Waals surface area contributed by atoms with E-state index in [1.165, 1.54) is 6.08 Å².